The highest BCUT2D eigenvalue weighted by Gasteiger charge is 2.23. The number of nitrogens with one attached hydrogen (secondary N) is 1. The highest BCUT2D eigenvalue weighted by atomic mass is 16.5. The molecule has 0 fully saturated rings. The Bertz CT molecular complexity index is 1280. The number of hydrogen-bond acceptors (Lipinski definition) is 7. The van der Waals surface area contributed by atoms with Gasteiger partial charge >= 0.3 is 0 Å². The summed E-state index contributed by atoms with van der Waals surface area (Å²) in [7, 11) is 2.09. The number of carbonyl (C=O) groups is 1. The Morgan fingerprint density at radius 2 is 2.00 bits per heavy atom. The Labute approximate surface area is 185 Å². The van der Waals surface area contributed by atoms with Crippen molar-refractivity contribution in [2.75, 3.05) is 18.9 Å². The Morgan fingerprint density at radius 1 is 1.16 bits per heavy atom. The van der Waals surface area contributed by atoms with E-state index in [2.05, 4.69) is 34.6 Å². The number of benzene rings is 2. The van der Waals surface area contributed by atoms with Gasteiger partial charge in [0.25, 0.3) is 5.91 Å². The maximum absolute atomic E-state index is 11.8. The van der Waals surface area contributed by atoms with Crippen molar-refractivity contribution in [2.24, 2.45) is 5.73 Å². The van der Waals surface area contributed by atoms with Crippen molar-refractivity contribution in [2.45, 2.75) is 25.9 Å². The van der Waals surface area contributed by atoms with E-state index in [1.165, 1.54) is 5.56 Å². The van der Waals surface area contributed by atoms with Crippen molar-refractivity contribution in [3.63, 3.8) is 0 Å². The number of hydrogen-bond donors (Lipinski definition) is 2. The molecule has 0 bridgehead atoms. The molecule has 8 nitrogen and oxygen atoms in total. The number of carbonyl (C=O) groups excluding carboxylic acids is 1. The van der Waals surface area contributed by atoms with E-state index < -0.39 is 5.91 Å². The summed E-state index contributed by atoms with van der Waals surface area (Å²) in [5.74, 6) is 1.13. The number of nitrogens with zero attached hydrogens (tertiary/aromatic N) is 4. The molecule has 1 aliphatic rings. The lowest BCUT2D eigenvalue weighted by Gasteiger charge is -2.16. The second-order valence-electron chi connectivity index (χ2n) is 8.08. The molecular weight excluding hydrogens is 404 g/mol. The van der Waals surface area contributed by atoms with E-state index in [1.807, 2.05) is 24.3 Å². The van der Waals surface area contributed by atoms with E-state index in [-0.39, 0.29) is 0 Å². The molecule has 5 rings (SSSR count). The van der Waals surface area contributed by atoms with Gasteiger partial charge in [-0.3, -0.25) is 4.79 Å². The lowest BCUT2D eigenvalue weighted by atomic mass is 10.1. The van der Waals surface area contributed by atoms with Crippen LogP contribution in [-0.2, 0) is 19.5 Å². The van der Waals surface area contributed by atoms with Gasteiger partial charge in [-0.15, -0.1) is 0 Å². The quantitative estimate of drug-likeness (QED) is 0.501. The van der Waals surface area contributed by atoms with Gasteiger partial charge in [-0.1, -0.05) is 41.6 Å². The fraction of sp³-hybridized carbons (Fsp3) is 0.250. The Balaban J connectivity index is 1.61. The van der Waals surface area contributed by atoms with Crippen molar-refractivity contribution in [3.05, 3.63) is 70.9 Å². The van der Waals surface area contributed by atoms with Crippen LogP contribution < -0.4 is 11.1 Å². The monoisotopic (exact) mass is 428 g/mol. The van der Waals surface area contributed by atoms with Crippen LogP contribution in [0.25, 0.3) is 22.5 Å². The Hall–Kier alpha value is -3.78. The average Bonchev–Trinajstić information content (AvgIpc) is 3.14. The van der Waals surface area contributed by atoms with Crippen LogP contribution in [0.15, 0.2) is 53.1 Å². The first-order valence-corrected chi connectivity index (χ1v) is 10.6. The predicted molar refractivity (Wildman–Crippen MR) is 122 cm³/mol. The summed E-state index contributed by atoms with van der Waals surface area (Å²) in [6.07, 6.45) is 1.94. The molecule has 0 saturated heterocycles. The summed E-state index contributed by atoms with van der Waals surface area (Å²) in [4.78, 5) is 23.8. The van der Waals surface area contributed by atoms with Crippen molar-refractivity contribution >= 4 is 22.6 Å². The van der Waals surface area contributed by atoms with Crippen molar-refractivity contribution in [1.29, 1.82) is 0 Å². The number of nitrogens with two attached hydrogens (primary N) is 1. The second-order valence-corrected chi connectivity index (χ2v) is 8.08. The van der Waals surface area contributed by atoms with Crippen molar-refractivity contribution in [1.82, 2.24) is 20.0 Å². The molecule has 0 saturated carbocycles. The minimum Gasteiger partial charge on any atom is -0.366 e. The van der Waals surface area contributed by atoms with Crippen LogP contribution >= 0.6 is 0 Å². The van der Waals surface area contributed by atoms with E-state index in [1.54, 1.807) is 12.1 Å². The van der Waals surface area contributed by atoms with Gasteiger partial charge in [-0.05, 0) is 44.1 Å². The lowest BCUT2D eigenvalue weighted by molar-refractivity contribution is 0.100. The maximum atomic E-state index is 11.8. The van der Waals surface area contributed by atoms with Gasteiger partial charge in [0.1, 0.15) is 11.3 Å². The van der Waals surface area contributed by atoms with Crippen LogP contribution in [0.1, 0.15) is 33.6 Å². The summed E-state index contributed by atoms with van der Waals surface area (Å²) in [5.41, 5.74) is 9.52. The van der Waals surface area contributed by atoms with Crippen LogP contribution in [-0.4, -0.2) is 39.5 Å². The molecule has 0 aliphatic carbocycles. The lowest BCUT2D eigenvalue weighted by Crippen LogP contribution is -2.18. The SMILES string of the molecule is CN1CCCc2c(nc(-c3onc4c(C(N)=O)cccc34)nc2NCc2ccccc2)C1. The summed E-state index contributed by atoms with van der Waals surface area (Å²) in [6, 6.07) is 15.4. The molecule has 0 spiro atoms. The van der Waals surface area contributed by atoms with Crippen LogP contribution in [0.4, 0.5) is 5.82 Å². The molecule has 2 aromatic heterocycles. The van der Waals surface area contributed by atoms with E-state index in [0.717, 1.165) is 43.0 Å². The van der Waals surface area contributed by atoms with E-state index in [0.29, 0.717) is 34.6 Å². The molecule has 0 unspecified atom stereocenters. The van der Waals surface area contributed by atoms with Gasteiger partial charge in [0, 0.05) is 18.7 Å². The number of anilines is 1. The molecule has 0 atom stereocenters. The third-order valence-corrected chi connectivity index (χ3v) is 5.76. The van der Waals surface area contributed by atoms with Gasteiger partial charge in [-0.2, -0.15) is 0 Å². The number of amides is 1. The van der Waals surface area contributed by atoms with Crippen LogP contribution in [0.2, 0.25) is 0 Å². The minimum atomic E-state index is -0.551. The van der Waals surface area contributed by atoms with Crippen molar-refractivity contribution < 1.29 is 9.32 Å². The molecule has 4 aromatic rings. The standard InChI is InChI=1S/C24H24N6O2/c1-30-12-6-11-16-19(14-30)27-24(28-23(16)26-13-15-7-3-2-4-8-15)21-17-9-5-10-18(22(25)31)20(17)29-32-21/h2-5,7-10H,6,11-14H2,1H3,(H2,25,31)(H,26,27,28). The zero-order chi connectivity index (χ0) is 22.1. The van der Waals surface area contributed by atoms with Crippen LogP contribution in [0.3, 0.4) is 0 Å². The highest BCUT2D eigenvalue weighted by molar-refractivity contribution is 6.07. The molecule has 0 radical (unpaired) electrons. The molecule has 8 heteroatoms. The number of aromatic nitrogens is 3. The van der Waals surface area contributed by atoms with Gasteiger partial charge in [0.15, 0.2) is 0 Å². The smallest absolute Gasteiger partial charge is 0.251 e. The summed E-state index contributed by atoms with van der Waals surface area (Å²) in [5, 5.41) is 8.27. The molecule has 1 aliphatic heterocycles. The first-order valence-electron chi connectivity index (χ1n) is 10.6. The van der Waals surface area contributed by atoms with Crippen LogP contribution in [0, 0.1) is 0 Å². The third kappa shape index (κ3) is 3.80. The summed E-state index contributed by atoms with van der Waals surface area (Å²) in [6.45, 7) is 2.38. The molecule has 1 amide bonds. The van der Waals surface area contributed by atoms with Crippen LogP contribution in [0.5, 0.6) is 0 Å². The number of primary amides is 1. The summed E-state index contributed by atoms with van der Waals surface area (Å²) < 4.78 is 5.63. The Morgan fingerprint density at radius 3 is 2.81 bits per heavy atom. The molecule has 3 heterocycles. The normalized spacial score (nSPS) is 14.2. The minimum absolute atomic E-state index is 0.314. The summed E-state index contributed by atoms with van der Waals surface area (Å²) >= 11 is 0. The van der Waals surface area contributed by atoms with Crippen molar-refractivity contribution in [3.8, 4) is 11.6 Å². The van der Waals surface area contributed by atoms with E-state index >= 15 is 0 Å². The maximum Gasteiger partial charge on any atom is 0.251 e. The second kappa shape index (κ2) is 8.39. The Kier molecular flexibility index (Phi) is 5.28. The third-order valence-electron chi connectivity index (χ3n) is 5.76. The largest absolute Gasteiger partial charge is 0.366 e. The molecule has 2 aromatic carbocycles. The fourth-order valence-corrected chi connectivity index (χ4v) is 4.14. The van der Waals surface area contributed by atoms with Gasteiger partial charge in [0.2, 0.25) is 11.6 Å². The molecule has 162 valence electrons. The zero-order valence-corrected chi connectivity index (χ0v) is 17.8. The molecule has 3 N–H and O–H groups in total. The first-order chi connectivity index (χ1) is 15.6. The molecular formula is C24H24N6O2. The zero-order valence-electron chi connectivity index (χ0n) is 17.8. The van der Waals surface area contributed by atoms with Gasteiger partial charge in [-0.25, -0.2) is 9.97 Å². The number of fused-ring (bicyclic) bond motifs is 2. The molecule has 32 heavy (non-hydrogen) atoms. The van der Waals surface area contributed by atoms with Gasteiger partial charge in [0.05, 0.1) is 16.6 Å². The highest BCUT2D eigenvalue weighted by Crippen LogP contribution is 2.32. The average molecular weight is 428 g/mol. The topological polar surface area (TPSA) is 110 Å². The predicted octanol–water partition coefficient (Wildman–Crippen LogP) is 3.37. The van der Waals surface area contributed by atoms with E-state index in [9.17, 15) is 4.79 Å². The first kappa shape index (κ1) is 20.1. The van der Waals surface area contributed by atoms with Gasteiger partial charge < -0.3 is 20.5 Å². The van der Waals surface area contributed by atoms with E-state index in [4.69, 9.17) is 20.2 Å². The number of rotatable bonds is 5. The fourth-order valence-electron chi connectivity index (χ4n) is 4.14.